The first-order valence-electron chi connectivity index (χ1n) is 35.7. The number of aromatic hydroxyl groups is 1. The number of carboxylic acid groups (broad SMARTS) is 2. The number of nitrogens with zero attached hydrogens (tertiary/aromatic N) is 1. The number of carbonyl (C=O) groups is 16. The van der Waals surface area contributed by atoms with E-state index in [-0.39, 0.29) is 56.9 Å². The van der Waals surface area contributed by atoms with Crippen molar-refractivity contribution in [3.8, 4) is 5.75 Å². The predicted molar refractivity (Wildman–Crippen MR) is 383 cm³/mol. The van der Waals surface area contributed by atoms with Crippen LogP contribution in [-0.4, -0.2) is 242 Å². The molecule has 37 nitrogen and oxygen atoms in total. The molecule has 16 atom stereocenters. The van der Waals surface area contributed by atoms with E-state index in [1.165, 1.54) is 70.7 Å². The molecule has 1 heterocycles. The number of carboxylic acids is 2. The zero-order chi connectivity index (χ0) is 80.7. The van der Waals surface area contributed by atoms with E-state index in [9.17, 15) is 102 Å². The Labute approximate surface area is 617 Å². The van der Waals surface area contributed by atoms with E-state index in [2.05, 4.69) is 69.1 Å². The van der Waals surface area contributed by atoms with Gasteiger partial charge >= 0.3 is 11.9 Å². The smallest absolute Gasteiger partial charge is 0.326 e. The summed E-state index contributed by atoms with van der Waals surface area (Å²) in [4.78, 5) is 217. The second kappa shape index (κ2) is 45.0. The Morgan fingerprint density at radius 2 is 0.934 bits per heavy atom. The first-order chi connectivity index (χ1) is 49.5. The highest BCUT2D eigenvalue weighted by atomic mass is 16.4. The van der Waals surface area contributed by atoms with Crippen LogP contribution in [0.4, 0.5) is 0 Å². The first-order valence-corrected chi connectivity index (χ1v) is 35.7. The van der Waals surface area contributed by atoms with Gasteiger partial charge < -0.3 is 111 Å². The van der Waals surface area contributed by atoms with Crippen LogP contribution in [0.1, 0.15) is 154 Å². The number of rotatable bonds is 45. The molecule has 1 saturated heterocycles. The van der Waals surface area contributed by atoms with Gasteiger partial charge in [-0.1, -0.05) is 87.8 Å². The third kappa shape index (κ3) is 30.5. The van der Waals surface area contributed by atoms with Gasteiger partial charge in [0.1, 0.15) is 84.3 Å². The molecule has 0 unspecified atom stereocenters. The van der Waals surface area contributed by atoms with Gasteiger partial charge in [-0.05, 0) is 120 Å². The van der Waals surface area contributed by atoms with E-state index in [4.69, 9.17) is 11.5 Å². The number of phenolic OH excluding ortho intramolecular Hbond substituents is 1. The molecule has 37 heteroatoms. The van der Waals surface area contributed by atoms with Crippen LogP contribution in [0.3, 0.4) is 0 Å². The number of aliphatic hydroxyl groups excluding tert-OH is 2. The van der Waals surface area contributed by atoms with Crippen molar-refractivity contribution in [1.29, 1.82) is 0 Å². The van der Waals surface area contributed by atoms with Gasteiger partial charge in [-0.25, -0.2) is 4.79 Å². The summed E-state index contributed by atoms with van der Waals surface area (Å²) in [6.45, 7) is 20.0. The maximum absolute atomic E-state index is 14.2. The second-order valence-electron chi connectivity index (χ2n) is 28.2. The average molecular weight is 1500 g/mol. The molecule has 2 rings (SSSR count). The normalized spacial score (nSPS) is 17.0. The Morgan fingerprint density at radius 1 is 0.491 bits per heavy atom. The van der Waals surface area contributed by atoms with E-state index >= 15 is 0 Å². The fraction of sp³-hybridized carbons (Fsp3) is 0.681. The highest BCUT2D eigenvalue weighted by Gasteiger charge is 2.42. The van der Waals surface area contributed by atoms with Crippen molar-refractivity contribution >= 4 is 94.6 Å². The van der Waals surface area contributed by atoms with Crippen LogP contribution < -0.4 is 80.6 Å². The van der Waals surface area contributed by atoms with Gasteiger partial charge in [-0.15, -0.1) is 0 Å². The fourth-order valence-electron chi connectivity index (χ4n) is 11.1. The molecule has 0 aliphatic carbocycles. The number of hydrogen-bond acceptors (Lipinski definition) is 21. The van der Waals surface area contributed by atoms with E-state index in [1.807, 2.05) is 13.8 Å². The Balaban J connectivity index is 2.26. The summed E-state index contributed by atoms with van der Waals surface area (Å²) in [5.41, 5.74) is 11.6. The van der Waals surface area contributed by atoms with Crippen LogP contribution in [0.15, 0.2) is 24.3 Å². The molecule has 1 fully saturated rings. The number of aliphatic hydroxyl groups is 2. The maximum atomic E-state index is 14.2. The number of benzene rings is 1. The highest BCUT2D eigenvalue weighted by Crippen LogP contribution is 2.22. The van der Waals surface area contributed by atoms with Crippen molar-refractivity contribution in [2.24, 2.45) is 41.1 Å². The monoisotopic (exact) mass is 1500 g/mol. The van der Waals surface area contributed by atoms with Crippen LogP contribution in [0.5, 0.6) is 5.75 Å². The number of hydrogen-bond donors (Lipinski definition) is 20. The third-order valence-corrected chi connectivity index (χ3v) is 17.6. The van der Waals surface area contributed by atoms with Crippen molar-refractivity contribution in [2.75, 3.05) is 26.2 Å². The van der Waals surface area contributed by atoms with Gasteiger partial charge in [0.2, 0.25) is 82.7 Å². The molecular weight excluding hydrogens is 1390 g/mol. The minimum Gasteiger partial charge on any atom is -0.508 e. The number of likely N-dealkylation sites (tertiary alicyclic amines) is 1. The molecule has 1 aromatic rings. The number of unbranched alkanes of at least 4 members (excludes halogenated alkanes) is 1. The standard InChI is InChI=1S/C69H114N16O21/c1-15-36(10)54(65(101)84-56(40(14)87)66(102)80-52(34(6)7)64(100)77-45(28-41-21-23-42(88)24-22-41)59(95)73-37(11)57(93)81-53(35(8)9)69(105)106)82-67(103)55(39(13)86)83-58(94)38(12)74-60(96)46(29-50(91)92)78-63(99)51(33(4)5)79-49(90)31-72-62(98)47-20-18-26-85(47)68(104)43(19-16-17-25-70)76-61(97)44(27-32(2)3)75-48(89)30-71/h21-24,32-40,43-47,51-56,86-88H,15-20,25-31,70-71H2,1-14H3,(H,72,98)(H,73,95)(H,74,96)(H,75,89)(H,76,97)(H,77,100)(H,78,99)(H,79,90)(H,80,102)(H,81,93)(H,82,103)(H,83,94)(H,84,101)(H,91,92)(H,105,106)/t36-,37-,38-,39+,40+,43-,44-,45-,46-,47-,51-,52-,53-,54-,55-,56-/m0/s1. The maximum Gasteiger partial charge on any atom is 0.326 e. The molecule has 22 N–H and O–H groups in total. The summed E-state index contributed by atoms with van der Waals surface area (Å²) in [5, 5.41) is 82.9. The van der Waals surface area contributed by atoms with Crippen molar-refractivity contribution in [3.05, 3.63) is 29.8 Å². The lowest BCUT2D eigenvalue weighted by atomic mass is 9.96. The molecule has 1 aliphatic rings. The molecule has 1 aromatic carbocycles. The van der Waals surface area contributed by atoms with Crippen LogP contribution in [0.25, 0.3) is 0 Å². The fourth-order valence-corrected chi connectivity index (χ4v) is 11.1. The van der Waals surface area contributed by atoms with E-state index in [0.29, 0.717) is 31.4 Å². The summed E-state index contributed by atoms with van der Waals surface area (Å²) >= 11 is 0. The Morgan fingerprint density at radius 3 is 1.41 bits per heavy atom. The average Bonchev–Trinajstić information content (AvgIpc) is 1.72. The Hall–Kier alpha value is -9.62. The van der Waals surface area contributed by atoms with Gasteiger partial charge in [0.15, 0.2) is 0 Å². The number of amides is 14. The van der Waals surface area contributed by atoms with Crippen molar-refractivity contribution < 1.29 is 102 Å². The summed E-state index contributed by atoms with van der Waals surface area (Å²) in [6, 6.07) is -13.5. The van der Waals surface area contributed by atoms with Crippen LogP contribution >= 0.6 is 0 Å². The molecule has 106 heavy (non-hydrogen) atoms. The lowest BCUT2D eigenvalue weighted by Crippen LogP contribution is -2.64. The van der Waals surface area contributed by atoms with Crippen LogP contribution in [0, 0.1) is 29.6 Å². The number of aliphatic carboxylic acids is 2. The Bertz CT molecular complexity index is 3210. The van der Waals surface area contributed by atoms with Gasteiger partial charge in [-0.3, -0.25) is 71.9 Å². The van der Waals surface area contributed by atoms with Crippen molar-refractivity contribution in [1.82, 2.24) is 74.0 Å². The van der Waals surface area contributed by atoms with Gasteiger partial charge in [-0.2, -0.15) is 0 Å². The minimum atomic E-state index is -1.91. The van der Waals surface area contributed by atoms with Crippen molar-refractivity contribution in [2.45, 2.75) is 245 Å². The van der Waals surface area contributed by atoms with Crippen molar-refractivity contribution in [3.63, 3.8) is 0 Å². The molecule has 596 valence electrons. The van der Waals surface area contributed by atoms with Crippen LogP contribution in [-0.2, 0) is 83.1 Å². The molecule has 0 aromatic heterocycles. The molecule has 14 amide bonds. The highest BCUT2D eigenvalue weighted by molar-refractivity contribution is 6.01. The number of carbonyl (C=O) groups excluding carboxylic acids is 14. The zero-order valence-electron chi connectivity index (χ0n) is 62.9. The van der Waals surface area contributed by atoms with Gasteiger partial charge in [0.25, 0.3) is 0 Å². The lowest BCUT2D eigenvalue weighted by Gasteiger charge is -2.31. The Kier molecular flexibility index (Phi) is 39.3. The van der Waals surface area contributed by atoms with E-state index < -0.39 is 222 Å². The summed E-state index contributed by atoms with van der Waals surface area (Å²) in [7, 11) is 0. The third-order valence-electron chi connectivity index (χ3n) is 17.6. The molecular formula is C69H114N16O21. The molecule has 0 radical (unpaired) electrons. The topological polar surface area (TPSA) is 586 Å². The van der Waals surface area contributed by atoms with Crippen LogP contribution in [0.2, 0.25) is 0 Å². The zero-order valence-corrected chi connectivity index (χ0v) is 62.9. The molecule has 1 aliphatic heterocycles. The van der Waals surface area contributed by atoms with E-state index in [0.717, 1.165) is 20.8 Å². The molecule has 0 spiro atoms. The quantitative estimate of drug-likeness (QED) is 0.0273. The number of nitrogens with two attached hydrogens (primary N) is 2. The number of phenols is 1. The van der Waals surface area contributed by atoms with E-state index in [1.54, 1.807) is 20.8 Å². The first kappa shape index (κ1) is 92.5. The summed E-state index contributed by atoms with van der Waals surface area (Å²) in [6.07, 6.45) is -2.61. The second-order valence-corrected chi connectivity index (χ2v) is 28.2. The summed E-state index contributed by atoms with van der Waals surface area (Å²) in [5.74, 6) is -18.8. The van der Waals surface area contributed by atoms with Gasteiger partial charge in [0.05, 0.1) is 31.7 Å². The predicted octanol–water partition coefficient (Wildman–Crippen LogP) is -4.63. The summed E-state index contributed by atoms with van der Waals surface area (Å²) < 4.78 is 0. The van der Waals surface area contributed by atoms with Gasteiger partial charge in [0, 0.05) is 13.0 Å². The minimum absolute atomic E-state index is 0.0353. The molecule has 0 saturated carbocycles. The lowest BCUT2D eigenvalue weighted by molar-refractivity contribution is -0.143. The number of nitrogens with one attached hydrogen (secondary N) is 13. The molecule has 0 bridgehead atoms. The SMILES string of the molecule is CC[C@H](C)[C@H](NC(=O)[C@@H](NC(=O)[C@H](C)NC(=O)[C@H](CC(=O)O)NC(=O)[C@@H](NC(=O)CNC(=O)[C@@H]1CCCN1C(=O)[C@H](CCCCN)NC(=O)[C@H](CC(C)C)NC(=O)CN)C(C)C)[C@@H](C)O)C(=O)N[C@H](C(=O)N[C@H](C(=O)N[C@@H](Cc1ccc(O)cc1)C(=O)N[C@@H](C)C(=O)N[C@H](C(=O)O)C(C)C)C(C)C)[C@@H](C)O. The largest absolute Gasteiger partial charge is 0.508 e.